The summed E-state index contributed by atoms with van der Waals surface area (Å²) in [5.74, 6) is 0. The highest BCUT2D eigenvalue weighted by Gasteiger charge is 2.03. The molecule has 0 saturated heterocycles. The molecule has 0 aromatic heterocycles. The summed E-state index contributed by atoms with van der Waals surface area (Å²) in [6.07, 6.45) is -1.83. The Morgan fingerprint density at radius 2 is 1.75 bits per heavy atom. The zero-order valence-electron chi connectivity index (χ0n) is 9.21. The van der Waals surface area contributed by atoms with Gasteiger partial charge in [-0.15, -0.1) is 0 Å². The molecule has 0 spiro atoms. The third-order valence-corrected chi connectivity index (χ3v) is 2.71. The third-order valence-electron chi connectivity index (χ3n) is 2.71. The topological polar surface area (TPSA) is 0 Å². The number of alkyl halides is 2. The lowest BCUT2D eigenvalue weighted by Crippen LogP contribution is -1.94. The highest BCUT2D eigenvalue weighted by molar-refractivity contribution is 5.83. The van der Waals surface area contributed by atoms with E-state index in [0.717, 1.165) is 16.3 Å². The van der Waals surface area contributed by atoms with Gasteiger partial charge in [-0.25, -0.2) is 8.78 Å². The van der Waals surface area contributed by atoms with Gasteiger partial charge < -0.3 is 0 Å². The lowest BCUT2D eigenvalue weighted by Gasteiger charge is -2.04. The fourth-order valence-electron chi connectivity index (χ4n) is 1.85. The second-order valence-corrected chi connectivity index (χ2v) is 4.11. The molecule has 0 aliphatic heterocycles. The van der Waals surface area contributed by atoms with Gasteiger partial charge in [-0.2, -0.15) is 0 Å². The molecule has 0 atom stereocenters. The van der Waals surface area contributed by atoms with E-state index in [9.17, 15) is 8.78 Å². The fraction of sp³-hybridized carbons (Fsp3) is 0.286. The highest BCUT2D eigenvalue weighted by Crippen LogP contribution is 2.19. The molecule has 0 N–H and O–H groups in total. The Kier molecular flexibility index (Phi) is 3.18. The van der Waals surface area contributed by atoms with Crippen LogP contribution >= 0.6 is 0 Å². The molecule has 0 aliphatic carbocycles. The molecule has 0 bridgehead atoms. The summed E-state index contributed by atoms with van der Waals surface area (Å²) in [6, 6.07) is 12.1. The molecular formula is C14H14F2. The van der Waals surface area contributed by atoms with E-state index in [4.69, 9.17) is 0 Å². The minimum Gasteiger partial charge on any atom is -0.211 e. The summed E-state index contributed by atoms with van der Waals surface area (Å²) >= 11 is 0. The second-order valence-electron chi connectivity index (χ2n) is 4.11. The van der Waals surface area contributed by atoms with Crippen molar-refractivity contribution in [3.63, 3.8) is 0 Å². The van der Waals surface area contributed by atoms with E-state index in [1.165, 1.54) is 5.56 Å². The largest absolute Gasteiger partial charge is 0.239 e. The van der Waals surface area contributed by atoms with Gasteiger partial charge in [-0.05, 0) is 29.7 Å². The predicted molar refractivity (Wildman–Crippen MR) is 63.0 cm³/mol. The standard InChI is InChI=1S/C14H14F2/c1-10-2-5-12-6-3-11(4-7-14(15)16)9-13(12)8-10/h2-3,5-6,8-9,14H,4,7H2,1H3. The molecule has 2 aromatic rings. The van der Waals surface area contributed by atoms with E-state index in [2.05, 4.69) is 18.2 Å². The first kappa shape index (κ1) is 11.1. The van der Waals surface area contributed by atoms with Gasteiger partial charge in [-0.1, -0.05) is 42.0 Å². The van der Waals surface area contributed by atoms with Gasteiger partial charge in [0, 0.05) is 6.42 Å². The first-order valence-corrected chi connectivity index (χ1v) is 5.42. The molecule has 2 rings (SSSR count). The highest BCUT2D eigenvalue weighted by atomic mass is 19.3. The Morgan fingerprint density at radius 3 is 2.50 bits per heavy atom. The van der Waals surface area contributed by atoms with Gasteiger partial charge in [-0.3, -0.25) is 0 Å². The Bertz CT molecular complexity index is 489. The number of rotatable bonds is 3. The maximum atomic E-state index is 12.1. The normalized spacial score (nSPS) is 11.2. The lowest BCUT2D eigenvalue weighted by molar-refractivity contribution is 0.138. The quantitative estimate of drug-likeness (QED) is 0.721. The van der Waals surface area contributed by atoms with E-state index in [0.29, 0.717) is 6.42 Å². The molecule has 0 nitrogen and oxygen atoms in total. The van der Waals surface area contributed by atoms with Crippen LogP contribution < -0.4 is 0 Å². The van der Waals surface area contributed by atoms with Crippen molar-refractivity contribution < 1.29 is 8.78 Å². The van der Waals surface area contributed by atoms with Crippen LogP contribution in [0.2, 0.25) is 0 Å². The molecule has 0 saturated carbocycles. The van der Waals surface area contributed by atoms with Crippen molar-refractivity contribution in [3.8, 4) is 0 Å². The van der Waals surface area contributed by atoms with Gasteiger partial charge in [0.2, 0.25) is 6.43 Å². The van der Waals surface area contributed by atoms with Gasteiger partial charge in [0.25, 0.3) is 0 Å². The molecule has 0 fully saturated rings. The van der Waals surface area contributed by atoms with Crippen LogP contribution in [0.25, 0.3) is 10.8 Å². The van der Waals surface area contributed by atoms with Crippen LogP contribution in [0.3, 0.4) is 0 Å². The summed E-state index contributed by atoms with van der Waals surface area (Å²) < 4.78 is 24.2. The Hall–Kier alpha value is -1.44. The zero-order chi connectivity index (χ0) is 11.5. The first-order valence-electron chi connectivity index (χ1n) is 5.42. The van der Waals surface area contributed by atoms with Crippen LogP contribution in [0.4, 0.5) is 8.78 Å². The van der Waals surface area contributed by atoms with Crippen LogP contribution in [-0.2, 0) is 6.42 Å². The van der Waals surface area contributed by atoms with Gasteiger partial charge >= 0.3 is 0 Å². The average molecular weight is 220 g/mol. The number of hydrogen-bond donors (Lipinski definition) is 0. The summed E-state index contributed by atoms with van der Waals surface area (Å²) in [5, 5.41) is 2.29. The molecule has 0 heterocycles. The summed E-state index contributed by atoms with van der Waals surface area (Å²) in [6.45, 7) is 2.03. The molecule has 84 valence electrons. The number of hydrogen-bond acceptors (Lipinski definition) is 0. The molecule has 2 heteroatoms. The monoisotopic (exact) mass is 220 g/mol. The molecular weight excluding hydrogens is 206 g/mol. The van der Waals surface area contributed by atoms with E-state index in [1.54, 1.807) is 0 Å². The van der Waals surface area contributed by atoms with Crippen LogP contribution in [0, 0.1) is 6.92 Å². The lowest BCUT2D eigenvalue weighted by atomic mass is 10.0. The SMILES string of the molecule is Cc1ccc2ccc(CCC(F)F)cc2c1. The summed E-state index contributed by atoms with van der Waals surface area (Å²) in [5.41, 5.74) is 2.18. The van der Waals surface area contributed by atoms with Crippen LogP contribution in [0.15, 0.2) is 36.4 Å². The van der Waals surface area contributed by atoms with Crippen LogP contribution in [-0.4, -0.2) is 6.43 Å². The number of aryl methyl sites for hydroxylation is 2. The molecule has 0 aliphatic rings. The summed E-state index contributed by atoms with van der Waals surface area (Å²) in [4.78, 5) is 0. The molecule has 16 heavy (non-hydrogen) atoms. The molecule has 0 unspecified atom stereocenters. The third kappa shape index (κ3) is 2.57. The van der Waals surface area contributed by atoms with E-state index < -0.39 is 6.43 Å². The van der Waals surface area contributed by atoms with E-state index in [-0.39, 0.29) is 6.42 Å². The molecule has 0 amide bonds. The van der Waals surface area contributed by atoms with Crippen molar-refractivity contribution in [3.05, 3.63) is 47.5 Å². The number of benzene rings is 2. The van der Waals surface area contributed by atoms with Gasteiger partial charge in [0.15, 0.2) is 0 Å². The fourth-order valence-corrected chi connectivity index (χ4v) is 1.85. The number of halogens is 2. The van der Waals surface area contributed by atoms with Crippen molar-refractivity contribution in [1.82, 2.24) is 0 Å². The maximum Gasteiger partial charge on any atom is 0.239 e. The van der Waals surface area contributed by atoms with Crippen LogP contribution in [0.5, 0.6) is 0 Å². The van der Waals surface area contributed by atoms with Crippen molar-refractivity contribution in [2.75, 3.05) is 0 Å². The Balaban J connectivity index is 2.28. The van der Waals surface area contributed by atoms with Crippen molar-refractivity contribution >= 4 is 10.8 Å². The van der Waals surface area contributed by atoms with E-state index in [1.807, 2.05) is 25.1 Å². The van der Waals surface area contributed by atoms with Gasteiger partial charge in [0.1, 0.15) is 0 Å². The van der Waals surface area contributed by atoms with E-state index >= 15 is 0 Å². The molecule has 0 radical (unpaired) electrons. The summed E-state index contributed by atoms with van der Waals surface area (Å²) in [7, 11) is 0. The van der Waals surface area contributed by atoms with Crippen LogP contribution in [0.1, 0.15) is 17.5 Å². The maximum absolute atomic E-state index is 12.1. The van der Waals surface area contributed by atoms with Gasteiger partial charge in [0.05, 0.1) is 0 Å². The Labute approximate surface area is 93.9 Å². The molecule has 2 aromatic carbocycles. The second kappa shape index (κ2) is 4.60. The van der Waals surface area contributed by atoms with Crippen molar-refractivity contribution in [2.24, 2.45) is 0 Å². The minimum atomic E-state index is -2.21. The van der Waals surface area contributed by atoms with Crippen molar-refractivity contribution in [2.45, 2.75) is 26.2 Å². The first-order chi connectivity index (χ1) is 7.65. The minimum absolute atomic E-state index is 0.0582. The smallest absolute Gasteiger partial charge is 0.211 e. The predicted octanol–water partition coefficient (Wildman–Crippen LogP) is 4.35. The number of fused-ring (bicyclic) bond motifs is 1. The van der Waals surface area contributed by atoms with Crippen molar-refractivity contribution in [1.29, 1.82) is 0 Å². The zero-order valence-corrected chi connectivity index (χ0v) is 9.21. The average Bonchev–Trinajstić information content (AvgIpc) is 2.25. The Morgan fingerprint density at radius 1 is 1.00 bits per heavy atom.